The first-order valence-corrected chi connectivity index (χ1v) is 14.2. The van der Waals surface area contributed by atoms with Crippen molar-refractivity contribution in [1.82, 2.24) is 0 Å². The van der Waals surface area contributed by atoms with Gasteiger partial charge in [-0.15, -0.1) is 0 Å². The molecule has 0 radical (unpaired) electrons. The number of hydrogen-bond donors (Lipinski definition) is 0. The quantitative estimate of drug-likeness (QED) is 0.132. The fourth-order valence-electron chi connectivity index (χ4n) is 4.56. The zero-order valence-electron chi connectivity index (χ0n) is 21.8. The van der Waals surface area contributed by atoms with E-state index in [0.29, 0.717) is 0 Å². The van der Waals surface area contributed by atoms with Crippen LogP contribution in [0.1, 0.15) is 162 Å². The third-order valence-corrected chi connectivity index (χ3v) is 7.04. The van der Waals surface area contributed by atoms with Crippen LogP contribution >= 0.6 is 0 Å². The van der Waals surface area contributed by atoms with Gasteiger partial charge in [0.1, 0.15) is 0 Å². The van der Waals surface area contributed by atoms with E-state index in [1.54, 1.807) is 0 Å². The average Bonchev–Trinajstić information content (AvgIpc) is 2.74. The number of unbranched alkanes of at least 4 members (excludes halogenated alkanes) is 18. The maximum absolute atomic E-state index is 5.21. The molecule has 2 unspecified atom stereocenters. The Morgan fingerprint density at radius 2 is 0.700 bits per heavy atom. The van der Waals surface area contributed by atoms with E-state index in [4.69, 9.17) is 4.74 Å². The van der Waals surface area contributed by atoms with Crippen molar-refractivity contribution in [3.05, 3.63) is 0 Å². The zero-order chi connectivity index (χ0) is 22.1. The van der Waals surface area contributed by atoms with Gasteiger partial charge in [-0.25, -0.2) is 0 Å². The van der Waals surface area contributed by atoms with Crippen LogP contribution < -0.4 is 0 Å². The molecular formula is C29H60O. The predicted octanol–water partition coefficient (Wildman–Crippen LogP) is 10.5. The SMILES string of the molecule is CCC(C)CCCCCCCCCCCCCCCCCCCCCC(C)COC. The molecule has 0 spiro atoms. The van der Waals surface area contributed by atoms with E-state index >= 15 is 0 Å². The van der Waals surface area contributed by atoms with E-state index < -0.39 is 0 Å². The molecular weight excluding hydrogens is 364 g/mol. The van der Waals surface area contributed by atoms with Crippen molar-refractivity contribution in [3.8, 4) is 0 Å². The molecule has 0 N–H and O–H groups in total. The minimum absolute atomic E-state index is 0.740. The van der Waals surface area contributed by atoms with Gasteiger partial charge in [-0.05, 0) is 18.3 Å². The predicted molar refractivity (Wildman–Crippen MR) is 137 cm³/mol. The van der Waals surface area contributed by atoms with Crippen LogP contribution in [0.3, 0.4) is 0 Å². The molecule has 1 heteroatoms. The van der Waals surface area contributed by atoms with Crippen LogP contribution in [0, 0.1) is 11.8 Å². The monoisotopic (exact) mass is 424 g/mol. The molecule has 0 amide bonds. The van der Waals surface area contributed by atoms with Crippen LogP contribution in [-0.4, -0.2) is 13.7 Å². The smallest absolute Gasteiger partial charge is 0.0487 e. The topological polar surface area (TPSA) is 9.23 Å². The molecule has 1 nitrogen and oxygen atoms in total. The summed E-state index contributed by atoms with van der Waals surface area (Å²) in [6.45, 7) is 7.95. The maximum Gasteiger partial charge on any atom is 0.0487 e. The molecule has 0 fully saturated rings. The van der Waals surface area contributed by atoms with Gasteiger partial charge in [0.15, 0.2) is 0 Å². The summed E-state index contributed by atoms with van der Waals surface area (Å²) < 4.78 is 5.21. The number of ether oxygens (including phenoxy) is 1. The first-order valence-electron chi connectivity index (χ1n) is 14.2. The molecule has 0 aliphatic rings. The van der Waals surface area contributed by atoms with Gasteiger partial charge < -0.3 is 4.74 Å². The second-order valence-electron chi connectivity index (χ2n) is 10.4. The number of rotatable bonds is 25. The van der Waals surface area contributed by atoms with Crippen LogP contribution in [0.25, 0.3) is 0 Å². The lowest BCUT2D eigenvalue weighted by molar-refractivity contribution is 0.154. The highest BCUT2D eigenvalue weighted by molar-refractivity contribution is 4.54. The second-order valence-corrected chi connectivity index (χ2v) is 10.4. The molecule has 0 aliphatic carbocycles. The molecule has 2 atom stereocenters. The Hall–Kier alpha value is -0.0400. The summed E-state index contributed by atoms with van der Waals surface area (Å²) in [5.41, 5.74) is 0. The fraction of sp³-hybridized carbons (Fsp3) is 1.00. The lowest BCUT2D eigenvalue weighted by Crippen LogP contribution is -2.02. The Kier molecular flexibility index (Phi) is 25.2. The van der Waals surface area contributed by atoms with E-state index in [0.717, 1.165) is 18.4 Å². The normalized spacial score (nSPS) is 13.6. The summed E-state index contributed by atoms with van der Waals surface area (Å²) in [6.07, 6.45) is 32.0. The molecule has 0 aromatic carbocycles. The van der Waals surface area contributed by atoms with Gasteiger partial charge in [0, 0.05) is 13.7 Å². The molecule has 0 saturated carbocycles. The van der Waals surface area contributed by atoms with Crippen molar-refractivity contribution < 1.29 is 4.74 Å². The molecule has 182 valence electrons. The molecule has 0 aromatic heterocycles. The van der Waals surface area contributed by atoms with Gasteiger partial charge in [0.25, 0.3) is 0 Å². The highest BCUT2D eigenvalue weighted by Gasteiger charge is 2.01. The highest BCUT2D eigenvalue weighted by atomic mass is 16.5. The Bertz CT molecular complexity index is 301. The minimum atomic E-state index is 0.740. The van der Waals surface area contributed by atoms with Gasteiger partial charge in [-0.2, -0.15) is 0 Å². The van der Waals surface area contributed by atoms with E-state index in [1.807, 2.05) is 7.11 Å². The fourth-order valence-corrected chi connectivity index (χ4v) is 4.56. The molecule has 0 aliphatic heterocycles. The van der Waals surface area contributed by atoms with E-state index in [1.165, 1.54) is 141 Å². The molecule has 0 bridgehead atoms. The van der Waals surface area contributed by atoms with E-state index in [9.17, 15) is 0 Å². The summed E-state index contributed by atoms with van der Waals surface area (Å²) in [6, 6.07) is 0. The van der Waals surface area contributed by atoms with Gasteiger partial charge in [-0.1, -0.05) is 156 Å². The molecule has 0 saturated heterocycles. The maximum atomic E-state index is 5.21. The molecule has 0 aromatic rings. The summed E-state index contributed by atoms with van der Waals surface area (Å²) in [4.78, 5) is 0. The van der Waals surface area contributed by atoms with Gasteiger partial charge in [0.2, 0.25) is 0 Å². The summed E-state index contributed by atoms with van der Waals surface area (Å²) in [5.74, 6) is 1.68. The Labute approximate surface area is 192 Å². The lowest BCUT2D eigenvalue weighted by Gasteiger charge is -2.09. The Morgan fingerprint density at radius 1 is 0.433 bits per heavy atom. The standard InChI is InChI=1S/C29H60O/c1-5-28(2)25-23-21-19-17-15-13-11-9-7-6-8-10-12-14-16-18-20-22-24-26-29(3)27-30-4/h28-29H,5-27H2,1-4H3. The first-order chi connectivity index (χ1) is 14.7. The third-order valence-electron chi connectivity index (χ3n) is 7.04. The summed E-state index contributed by atoms with van der Waals surface area (Å²) in [7, 11) is 1.81. The Balaban J connectivity index is 3.05. The average molecular weight is 425 g/mol. The highest BCUT2D eigenvalue weighted by Crippen LogP contribution is 2.17. The van der Waals surface area contributed by atoms with Gasteiger partial charge in [-0.3, -0.25) is 0 Å². The van der Waals surface area contributed by atoms with Crippen molar-refractivity contribution in [3.63, 3.8) is 0 Å². The molecule has 0 heterocycles. The van der Waals surface area contributed by atoms with Crippen LogP contribution in [0.2, 0.25) is 0 Å². The van der Waals surface area contributed by atoms with Gasteiger partial charge in [0.05, 0.1) is 0 Å². The summed E-state index contributed by atoms with van der Waals surface area (Å²) in [5, 5.41) is 0. The van der Waals surface area contributed by atoms with Crippen LogP contribution in [0.4, 0.5) is 0 Å². The molecule has 0 rings (SSSR count). The lowest BCUT2D eigenvalue weighted by atomic mass is 9.99. The largest absolute Gasteiger partial charge is 0.384 e. The van der Waals surface area contributed by atoms with Crippen molar-refractivity contribution in [2.24, 2.45) is 11.8 Å². The number of hydrogen-bond acceptors (Lipinski definition) is 1. The summed E-state index contributed by atoms with van der Waals surface area (Å²) >= 11 is 0. The van der Waals surface area contributed by atoms with Crippen LogP contribution in [0.15, 0.2) is 0 Å². The minimum Gasteiger partial charge on any atom is -0.384 e. The zero-order valence-corrected chi connectivity index (χ0v) is 21.8. The van der Waals surface area contributed by atoms with Crippen molar-refractivity contribution in [2.45, 2.75) is 162 Å². The van der Waals surface area contributed by atoms with Crippen LogP contribution in [0.5, 0.6) is 0 Å². The number of methoxy groups -OCH3 is 1. The molecule has 30 heavy (non-hydrogen) atoms. The van der Waals surface area contributed by atoms with Crippen molar-refractivity contribution in [1.29, 1.82) is 0 Å². The van der Waals surface area contributed by atoms with E-state index in [2.05, 4.69) is 20.8 Å². The van der Waals surface area contributed by atoms with Gasteiger partial charge >= 0.3 is 0 Å². The van der Waals surface area contributed by atoms with Crippen LogP contribution in [-0.2, 0) is 4.74 Å². The third kappa shape index (κ3) is 24.2. The van der Waals surface area contributed by atoms with Crippen molar-refractivity contribution in [2.75, 3.05) is 13.7 Å². The van der Waals surface area contributed by atoms with Crippen molar-refractivity contribution >= 4 is 0 Å². The first kappa shape index (κ1) is 30.0. The van der Waals surface area contributed by atoms with E-state index in [-0.39, 0.29) is 0 Å². The second kappa shape index (κ2) is 25.2. The Morgan fingerprint density at radius 3 is 0.967 bits per heavy atom.